The molecule has 3 N–H and O–H groups in total. The van der Waals surface area contributed by atoms with Gasteiger partial charge in [0.1, 0.15) is 0 Å². The molecule has 0 saturated carbocycles. The highest BCUT2D eigenvalue weighted by atomic mass is 16.1. The Morgan fingerprint density at radius 1 is 1.42 bits per heavy atom. The molecular formula is C9H20N2O. The van der Waals surface area contributed by atoms with E-state index in [2.05, 4.69) is 5.32 Å². The van der Waals surface area contributed by atoms with Gasteiger partial charge < -0.3 is 11.1 Å². The van der Waals surface area contributed by atoms with Crippen LogP contribution in [-0.4, -0.2) is 18.0 Å². The quantitative estimate of drug-likeness (QED) is 0.650. The highest BCUT2D eigenvalue weighted by molar-refractivity contribution is 5.76. The Kier molecular flexibility index (Phi) is 5.72. The first-order valence-electron chi connectivity index (χ1n) is 4.65. The van der Waals surface area contributed by atoms with Crippen LogP contribution in [0.4, 0.5) is 0 Å². The van der Waals surface area contributed by atoms with Gasteiger partial charge in [0, 0.05) is 18.5 Å². The van der Waals surface area contributed by atoms with Crippen LogP contribution in [0.5, 0.6) is 0 Å². The van der Waals surface area contributed by atoms with Gasteiger partial charge in [0.25, 0.3) is 0 Å². The third-order valence-corrected chi connectivity index (χ3v) is 1.99. The zero-order chi connectivity index (χ0) is 9.56. The van der Waals surface area contributed by atoms with Gasteiger partial charge in [-0.15, -0.1) is 0 Å². The number of carbonyl (C=O) groups excluding carboxylic acids is 1. The SMILES string of the molecule is CCC(N)CC(=O)NC(C)CC. The van der Waals surface area contributed by atoms with Crippen molar-refractivity contribution in [3.63, 3.8) is 0 Å². The van der Waals surface area contributed by atoms with Crippen molar-refractivity contribution in [3.8, 4) is 0 Å². The van der Waals surface area contributed by atoms with Gasteiger partial charge in [-0.3, -0.25) is 4.79 Å². The Morgan fingerprint density at radius 2 is 2.00 bits per heavy atom. The molecule has 2 unspecified atom stereocenters. The Balaban J connectivity index is 3.59. The van der Waals surface area contributed by atoms with Gasteiger partial charge in [0.05, 0.1) is 0 Å². The van der Waals surface area contributed by atoms with Crippen LogP contribution in [0.3, 0.4) is 0 Å². The smallest absolute Gasteiger partial charge is 0.221 e. The van der Waals surface area contributed by atoms with E-state index in [0.717, 1.165) is 12.8 Å². The predicted octanol–water partition coefficient (Wildman–Crippen LogP) is 1.03. The predicted molar refractivity (Wildman–Crippen MR) is 50.8 cm³/mol. The van der Waals surface area contributed by atoms with Crippen molar-refractivity contribution in [3.05, 3.63) is 0 Å². The normalized spacial score (nSPS) is 15.3. The number of rotatable bonds is 5. The molecule has 0 saturated heterocycles. The van der Waals surface area contributed by atoms with Crippen molar-refractivity contribution in [1.82, 2.24) is 5.32 Å². The molecule has 0 aromatic heterocycles. The molecule has 2 atom stereocenters. The summed E-state index contributed by atoms with van der Waals surface area (Å²) in [7, 11) is 0. The number of hydrogen-bond donors (Lipinski definition) is 2. The molecule has 0 aliphatic heterocycles. The number of hydrogen-bond acceptors (Lipinski definition) is 2. The van der Waals surface area contributed by atoms with E-state index in [-0.39, 0.29) is 18.0 Å². The largest absolute Gasteiger partial charge is 0.354 e. The molecule has 0 rings (SSSR count). The summed E-state index contributed by atoms with van der Waals surface area (Å²) in [6, 6.07) is 0.274. The first kappa shape index (κ1) is 11.4. The summed E-state index contributed by atoms with van der Waals surface area (Å²) >= 11 is 0. The number of nitrogens with two attached hydrogens (primary N) is 1. The van der Waals surface area contributed by atoms with Gasteiger partial charge in [-0.25, -0.2) is 0 Å². The summed E-state index contributed by atoms with van der Waals surface area (Å²) in [5.41, 5.74) is 5.63. The van der Waals surface area contributed by atoms with Crippen molar-refractivity contribution < 1.29 is 4.79 Å². The lowest BCUT2D eigenvalue weighted by atomic mass is 10.1. The van der Waals surface area contributed by atoms with Crippen LogP contribution >= 0.6 is 0 Å². The minimum Gasteiger partial charge on any atom is -0.354 e. The van der Waals surface area contributed by atoms with Gasteiger partial charge in [0.15, 0.2) is 0 Å². The summed E-state index contributed by atoms with van der Waals surface area (Å²) in [4.78, 5) is 11.2. The van der Waals surface area contributed by atoms with E-state index in [1.165, 1.54) is 0 Å². The second kappa shape index (κ2) is 6.00. The van der Waals surface area contributed by atoms with Gasteiger partial charge in [-0.05, 0) is 19.8 Å². The van der Waals surface area contributed by atoms with Crippen molar-refractivity contribution in [1.29, 1.82) is 0 Å². The second-order valence-electron chi connectivity index (χ2n) is 3.25. The maximum absolute atomic E-state index is 11.2. The fraction of sp³-hybridized carbons (Fsp3) is 0.889. The van der Waals surface area contributed by atoms with Crippen LogP contribution in [0.2, 0.25) is 0 Å². The molecule has 0 aromatic rings. The van der Waals surface area contributed by atoms with E-state index < -0.39 is 0 Å². The summed E-state index contributed by atoms with van der Waals surface area (Å²) in [5, 5.41) is 2.88. The zero-order valence-corrected chi connectivity index (χ0v) is 8.26. The molecule has 0 heterocycles. The molecule has 1 amide bonds. The standard InChI is InChI=1S/C9H20N2O/c1-4-7(3)11-9(12)6-8(10)5-2/h7-8H,4-6,10H2,1-3H3,(H,11,12). The van der Waals surface area contributed by atoms with Gasteiger partial charge in [-0.2, -0.15) is 0 Å². The minimum absolute atomic E-state index is 0.00839. The lowest BCUT2D eigenvalue weighted by Gasteiger charge is -2.13. The van der Waals surface area contributed by atoms with Crippen molar-refractivity contribution in [2.45, 2.75) is 52.1 Å². The molecule has 0 aliphatic rings. The van der Waals surface area contributed by atoms with Crippen LogP contribution in [0.1, 0.15) is 40.0 Å². The van der Waals surface area contributed by atoms with Gasteiger partial charge in [-0.1, -0.05) is 13.8 Å². The van der Waals surface area contributed by atoms with E-state index in [9.17, 15) is 4.79 Å². The van der Waals surface area contributed by atoms with E-state index in [4.69, 9.17) is 5.73 Å². The van der Waals surface area contributed by atoms with Gasteiger partial charge in [0.2, 0.25) is 5.91 Å². The van der Waals surface area contributed by atoms with Crippen molar-refractivity contribution in [2.75, 3.05) is 0 Å². The highest BCUT2D eigenvalue weighted by Crippen LogP contribution is 1.95. The van der Waals surface area contributed by atoms with E-state index in [1.54, 1.807) is 0 Å². The average Bonchev–Trinajstić information content (AvgIpc) is 2.03. The van der Waals surface area contributed by atoms with E-state index >= 15 is 0 Å². The third-order valence-electron chi connectivity index (χ3n) is 1.99. The minimum atomic E-state index is 0.00839. The maximum atomic E-state index is 11.2. The van der Waals surface area contributed by atoms with Crippen LogP contribution in [-0.2, 0) is 4.79 Å². The first-order valence-corrected chi connectivity index (χ1v) is 4.65. The van der Waals surface area contributed by atoms with Crippen LogP contribution < -0.4 is 11.1 Å². The van der Waals surface area contributed by atoms with Crippen LogP contribution in [0, 0.1) is 0 Å². The van der Waals surface area contributed by atoms with Crippen LogP contribution in [0.15, 0.2) is 0 Å². The molecule has 0 aromatic carbocycles. The topological polar surface area (TPSA) is 55.1 Å². The molecule has 0 bridgehead atoms. The number of nitrogens with one attached hydrogen (secondary N) is 1. The molecule has 0 fully saturated rings. The number of amides is 1. The highest BCUT2D eigenvalue weighted by Gasteiger charge is 2.08. The summed E-state index contributed by atoms with van der Waals surface area (Å²) < 4.78 is 0. The lowest BCUT2D eigenvalue weighted by molar-refractivity contribution is -0.122. The monoisotopic (exact) mass is 172 g/mol. The Morgan fingerprint density at radius 3 is 2.42 bits per heavy atom. The van der Waals surface area contributed by atoms with E-state index in [1.807, 2.05) is 20.8 Å². The molecule has 0 radical (unpaired) electrons. The molecule has 3 nitrogen and oxygen atoms in total. The first-order chi connectivity index (χ1) is 5.60. The third kappa shape index (κ3) is 5.13. The second-order valence-corrected chi connectivity index (χ2v) is 3.25. The van der Waals surface area contributed by atoms with Gasteiger partial charge >= 0.3 is 0 Å². The molecular weight excluding hydrogens is 152 g/mol. The Hall–Kier alpha value is -0.570. The number of carbonyl (C=O) groups is 1. The lowest BCUT2D eigenvalue weighted by Crippen LogP contribution is -2.36. The molecule has 3 heteroatoms. The van der Waals surface area contributed by atoms with Crippen molar-refractivity contribution >= 4 is 5.91 Å². The fourth-order valence-electron chi connectivity index (χ4n) is 0.818. The summed E-state index contributed by atoms with van der Waals surface area (Å²) in [5.74, 6) is 0.0682. The summed E-state index contributed by atoms with van der Waals surface area (Å²) in [6.07, 6.45) is 2.27. The fourth-order valence-corrected chi connectivity index (χ4v) is 0.818. The summed E-state index contributed by atoms with van der Waals surface area (Å²) in [6.45, 7) is 6.03. The van der Waals surface area contributed by atoms with Crippen LogP contribution in [0.25, 0.3) is 0 Å². The van der Waals surface area contributed by atoms with E-state index in [0.29, 0.717) is 6.42 Å². The zero-order valence-electron chi connectivity index (χ0n) is 8.26. The molecule has 72 valence electrons. The molecule has 0 spiro atoms. The molecule has 12 heavy (non-hydrogen) atoms. The molecule has 0 aliphatic carbocycles. The maximum Gasteiger partial charge on any atom is 0.221 e. The Labute approximate surface area is 74.7 Å². The van der Waals surface area contributed by atoms with Crippen molar-refractivity contribution in [2.24, 2.45) is 5.73 Å². The Bertz CT molecular complexity index is 122. The average molecular weight is 172 g/mol.